The van der Waals surface area contributed by atoms with Crippen molar-refractivity contribution in [2.45, 2.75) is 38.5 Å². The molecule has 0 spiro atoms. The van der Waals surface area contributed by atoms with Gasteiger partial charge in [0.1, 0.15) is 5.82 Å². The Hall–Kier alpha value is -0.150. The van der Waals surface area contributed by atoms with Gasteiger partial charge in [-0.05, 0) is 41.9 Å². The lowest BCUT2D eigenvalue weighted by Crippen LogP contribution is -2.12. The average molecular weight is 217 g/mol. The SMILES string of the molecule is CC1CCCC(c2nsc(Cl)n2)C1. The maximum Gasteiger partial charge on any atom is 0.203 e. The number of hydrogen-bond donors (Lipinski definition) is 0. The van der Waals surface area contributed by atoms with Crippen LogP contribution in [-0.4, -0.2) is 9.36 Å². The average Bonchev–Trinajstić information content (AvgIpc) is 2.52. The van der Waals surface area contributed by atoms with Crippen LogP contribution in [0.2, 0.25) is 4.47 Å². The first kappa shape index (κ1) is 9.41. The highest BCUT2D eigenvalue weighted by Gasteiger charge is 2.23. The maximum absolute atomic E-state index is 5.76. The minimum absolute atomic E-state index is 0.562. The first-order valence-electron chi connectivity index (χ1n) is 4.75. The van der Waals surface area contributed by atoms with Crippen molar-refractivity contribution < 1.29 is 0 Å². The highest BCUT2D eigenvalue weighted by Crippen LogP contribution is 2.35. The van der Waals surface area contributed by atoms with Crippen molar-refractivity contribution in [2.75, 3.05) is 0 Å². The molecule has 1 aliphatic rings. The molecule has 0 N–H and O–H groups in total. The zero-order valence-electron chi connectivity index (χ0n) is 7.66. The number of halogens is 1. The molecule has 1 aromatic heterocycles. The van der Waals surface area contributed by atoms with E-state index in [-0.39, 0.29) is 0 Å². The lowest BCUT2D eigenvalue weighted by Gasteiger charge is -2.24. The summed E-state index contributed by atoms with van der Waals surface area (Å²) < 4.78 is 4.85. The molecule has 72 valence electrons. The van der Waals surface area contributed by atoms with Crippen LogP contribution < -0.4 is 0 Å². The van der Waals surface area contributed by atoms with Gasteiger partial charge in [0.2, 0.25) is 4.47 Å². The zero-order valence-corrected chi connectivity index (χ0v) is 9.24. The largest absolute Gasteiger partial charge is 0.208 e. The summed E-state index contributed by atoms with van der Waals surface area (Å²) in [5.41, 5.74) is 0. The van der Waals surface area contributed by atoms with Crippen LogP contribution in [-0.2, 0) is 0 Å². The van der Waals surface area contributed by atoms with Crippen molar-refractivity contribution in [3.05, 3.63) is 10.3 Å². The van der Waals surface area contributed by atoms with Crippen molar-refractivity contribution in [3.63, 3.8) is 0 Å². The number of hydrogen-bond acceptors (Lipinski definition) is 3. The van der Waals surface area contributed by atoms with Crippen LogP contribution in [0.15, 0.2) is 0 Å². The second-order valence-corrected chi connectivity index (χ2v) is 5.21. The van der Waals surface area contributed by atoms with E-state index in [1.54, 1.807) is 0 Å². The summed E-state index contributed by atoms with van der Waals surface area (Å²) in [5.74, 6) is 2.36. The summed E-state index contributed by atoms with van der Waals surface area (Å²) in [6.45, 7) is 2.31. The van der Waals surface area contributed by atoms with Crippen molar-refractivity contribution in [1.82, 2.24) is 9.36 Å². The standard InChI is InChI=1S/C9H13ClN2S/c1-6-3-2-4-7(5-6)8-11-9(10)13-12-8/h6-7H,2-5H2,1H3. The Bertz CT molecular complexity index is 287. The van der Waals surface area contributed by atoms with Gasteiger partial charge in [-0.2, -0.15) is 4.37 Å². The number of aromatic nitrogens is 2. The van der Waals surface area contributed by atoms with Gasteiger partial charge >= 0.3 is 0 Å². The molecule has 1 aliphatic carbocycles. The molecule has 1 saturated carbocycles. The normalized spacial score (nSPS) is 29.1. The molecule has 0 aliphatic heterocycles. The summed E-state index contributed by atoms with van der Waals surface area (Å²) >= 11 is 7.06. The van der Waals surface area contributed by atoms with Crippen LogP contribution in [0, 0.1) is 5.92 Å². The predicted octanol–water partition coefficient (Wildman–Crippen LogP) is 3.49. The summed E-state index contributed by atoms with van der Waals surface area (Å²) in [6, 6.07) is 0. The molecule has 0 saturated heterocycles. The van der Waals surface area contributed by atoms with Crippen molar-refractivity contribution in [2.24, 2.45) is 5.92 Å². The predicted molar refractivity (Wildman–Crippen MR) is 55.3 cm³/mol. The van der Waals surface area contributed by atoms with Crippen LogP contribution in [0.3, 0.4) is 0 Å². The topological polar surface area (TPSA) is 25.8 Å². The number of rotatable bonds is 1. The summed E-state index contributed by atoms with van der Waals surface area (Å²) in [5, 5.41) is 0. The quantitative estimate of drug-likeness (QED) is 0.718. The minimum Gasteiger partial charge on any atom is -0.208 e. The van der Waals surface area contributed by atoms with Gasteiger partial charge in [-0.25, -0.2) is 4.98 Å². The molecular weight excluding hydrogens is 204 g/mol. The van der Waals surface area contributed by atoms with Gasteiger partial charge in [-0.15, -0.1) is 0 Å². The van der Waals surface area contributed by atoms with E-state index in [0.717, 1.165) is 11.7 Å². The van der Waals surface area contributed by atoms with E-state index in [0.29, 0.717) is 10.4 Å². The zero-order chi connectivity index (χ0) is 9.26. The molecule has 2 atom stereocenters. The van der Waals surface area contributed by atoms with E-state index in [4.69, 9.17) is 11.6 Å². The third-order valence-corrected chi connectivity index (χ3v) is 3.53. The summed E-state index contributed by atoms with van der Waals surface area (Å²) in [7, 11) is 0. The van der Waals surface area contributed by atoms with Gasteiger partial charge in [0.25, 0.3) is 0 Å². The van der Waals surface area contributed by atoms with E-state index in [2.05, 4.69) is 16.3 Å². The fourth-order valence-electron chi connectivity index (χ4n) is 2.05. The molecular formula is C9H13ClN2S. The summed E-state index contributed by atoms with van der Waals surface area (Å²) in [4.78, 5) is 4.24. The van der Waals surface area contributed by atoms with Crippen molar-refractivity contribution in [3.8, 4) is 0 Å². The molecule has 2 nitrogen and oxygen atoms in total. The maximum atomic E-state index is 5.76. The molecule has 1 aromatic rings. The van der Waals surface area contributed by atoms with Crippen LogP contribution >= 0.6 is 23.1 Å². The van der Waals surface area contributed by atoms with Crippen molar-refractivity contribution in [1.29, 1.82) is 0 Å². The van der Waals surface area contributed by atoms with Crippen LogP contribution in [0.4, 0.5) is 0 Å². The third-order valence-electron chi connectivity index (χ3n) is 2.72. The second kappa shape index (κ2) is 3.93. The Morgan fingerprint density at radius 3 is 2.92 bits per heavy atom. The molecule has 4 heteroatoms. The minimum atomic E-state index is 0.562. The van der Waals surface area contributed by atoms with E-state index < -0.39 is 0 Å². The Morgan fingerprint density at radius 1 is 1.46 bits per heavy atom. The molecule has 2 rings (SSSR count). The van der Waals surface area contributed by atoms with Gasteiger partial charge in [0.15, 0.2) is 0 Å². The van der Waals surface area contributed by atoms with Crippen molar-refractivity contribution >= 4 is 23.1 Å². The lowest BCUT2D eigenvalue weighted by atomic mass is 9.82. The van der Waals surface area contributed by atoms with E-state index >= 15 is 0 Å². The van der Waals surface area contributed by atoms with Gasteiger partial charge in [0, 0.05) is 5.92 Å². The first-order valence-corrected chi connectivity index (χ1v) is 5.90. The van der Waals surface area contributed by atoms with Crippen LogP contribution in [0.5, 0.6) is 0 Å². The van der Waals surface area contributed by atoms with Crippen LogP contribution in [0.1, 0.15) is 44.3 Å². The van der Waals surface area contributed by atoms with Gasteiger partial charge in [-0.3, -0.25) is 0 Å². The fourth-order valence-corrected chi connectivity index (χ4v) is 2.73. The van der Waals surface area contributed by atoms with Crippen LogP contribution in [0.25, 0.3) is 0 Å². The Morgan fingerprint density at radius 2 is 2.31 bits per heavy atom. The Balaban J connectivity index is 2.08. The van der Waals surface area contributed by atoms with Gasteiger partial charge < -0.3 is 0 Å². The summed E-state index contributed by atoms with van der Waals surface area (Å²) in [6.07, 6.45) is 5.13. The second-order valence-electron chi connectivity index (χ2n) is 3.87. The van der Waals surface area contributed by atoms with E-state index in [9.17, 15) is 0 Å². The molecule has 13 heavy (non-hydrogen) atoms. The fraction of sp³-hybridized carbons (Fsp3) is 0.778. The molecule has 1 fully saturated rings. The molecule has 0 aromatic carbocycles. The van der Waals surface area contributed by atoms with Gasteiger partial charge in [0.05, 0.1) is 0 Å². The first-order chi connectivity index (χ1) is 6.25. The third kappa shape index (κ3) is 2.20. The van der Waals surface area contributed by atoms with E-state index in [1.165, 1.54) is 37.2 Å². The molecule has 2 unspecified atom stereocenters. The van der Waals surface area contributed by atoms with E-state index in [1.807, 2.05) is 0 Å². The molecule has 0 bridgehead atoms. The Labute approximate surface area is 87.5 Å². The lowest BCUT2D eigenvalue weighted by molar-refractivity contribution is 0.337. The van der Waals surface area contributed by atoms with Gasteiger partial charge in [-0.1, -0.05) is 19.8 Å². The molecule has 0 radical (unpaired) electrons. The molecule has 1 heterocycles. The highest BCUT2D eigenvalue weighted by atomic mass is 35.5. The molecule has 0 amide bonds. The monoisotopic (exact) mass is 216 g/mol. The Kier molecular flexibility index (Phi) is 2.84. The highest BCUT2D eigenvalue weighted by molar-refractivity contribution is 7.10. The number of nitrogens with zero attached hydrogens (tertiary/aromatic N) is 2. The smallest absolute Gasteiger partial charge is 0.203 e.